The third-order valence-electron chi connectivity index (χ3n) is 2.99. The highest BCUT2D eigenvalue weighted by atomic mass is 79.9. The molecule has 0 unspecified atom stereocenters. The van der Waals surface area contributed by atoms with E-state index in [4.69, 9.17) is 4.74 Å². The van der Waals surface area contributed by atoms with Crippen molar-refractivity contribution in [1.29, 1.82) is 0 Å². The summed E-state index contributed by atoms with van der Waals surface area (Å²) in [5, 5.41) is 14.2. The van der Waals surface area contributed by atoms with Crippen molar-refractivity contribution in [2.45, 2.75) is 39.5 Å². The molecule has 1 atom stereocenters. The Morgan fingerprint density at radius 1 is 1.30 bits per heavy atom. The molecule has 0 bridgehead atoms. The van der Waals surface area contributed by atoms with E-state index in [-0.39, 0.29) is 0 Å². The number of hydrogen-bond donors (Lipinski definition) is 1. The van der Waals surface area contributed by atoms with Crippen molar-refractivity contribution < 1.29 is 9.84 Å². The Labute approximate surface area is 127 Å². The highest BCUT2D eigenvalue weighted by Crippen LogP contribution is 2.29. The van der Waals surface area contributed by atoms with Crippen molar-refractivity contribution in [1.82, 2.24) is 9.78 Å². The van der Waals surface area contributed by atoms with E-state index in [1.807, 2.05) is 35.1 Å². The zero-order valence-corrected chi connectivity index (χ0v) is 13.5. The van der Waals surface area contributed by atoms with Crippen molar-refractivity contribution in [3.05, 3.63) is 46.2 Å². The Hall–Kier alpha value is -1.33. The molecule has 0 spiro atoms. The number of aromatic nitrogens is 2. The van der Waals surface area contributed by atoms with E-state index >= 15 is 0 Å². The van der Waals surface area contributed by atoms with Crippen LogP contribution in [0.15, 0.2) is 34.9 Å². The van der Waals surface area contributed by atoms with Crippen molar-refractivity contribution in [3.63, 3.8) is 0 Å². The van der Waals surface area contributed by atoms with Crippen LogP contribution in [0.25, 0.3) is 0 Å². The van der Waals surface area contributed by atoms with Crippen LogP contribution < -0.4 is 4.74 Å². The summed E-state index contributed by atoms with van der Waals surface area (Å²) in [5.41, 5.74) is 1.65. The van der Waals surface area contributed by atoms with Gasteiger partial charge in [-0.1, -0.05) is 22.0 Å². The number of benzene rings is 1. The van der Waals surface area contributed by atoms with Crippen LogP contribution in [-0.2, 0) is 6.61 Å². The van der Waals surface area contributed by atoms with Gasteiger partial charge in [0.25, 0.3) is 0 Å². The quantitative estimate of drug-likeness (QED) is 0.900. The fourth-order valence-electron chi connectivity index (χ4n) is 1.87. The lowest BCUT2D eigenvalue weighted by Crippen LogP contribution is -2.04. The molecule has 0 saturated carbocycles. The zero-order valence-electron chi connectivity index (χ0n) is 11.9. The average molecular weight is 339 g/mol. The maximum absolute atomic E-state index is 9.75. The van der Waals surface area contributed by atoms with Gasteiger partial charge in [0.15, 0.2) is 0 Å². The average Bonchev–Trinajstić information content (AvgIpc) is 2.85. The van der Waals surface area contributed by atoms with Crippen LogP contribution in [0, 0.1) is 0 Å². The Balaban J connectivity index is 2.11. The van der Waals surface area contributed by atoms with E-state index in [1.165, 1.54) is 0 Å². The lowest BCUT2D eigenvalue weighted by atomic mass is 10.1. The molecular weight excluding hydrogens is 320 g/mol. The molecule has 2 aromatic rings. The first kappa shape index (κ1) is 15.1. The molecule has 4 nitrogen and oxygen atoms in total. The van der Waals surface area contributed by atoms with Crippen LogP contribution in [0.2, 0.25) is 0 Å². The zero-order chi connectivity index (χ0) is 14.7. The Morgan fingerprint density at radius 3 is 2.65 bits per heavy atom. The van der Waals surface area contributed by atoms with Gasteiger partial charge in [-0.15, -0.1) is 0 Å². The minimum absolute atomic E-state index is 0.336. The molecular formula is C15H19BrN2O2. The maximum atomic E-state index is 9.75. The lowest BCUT2D eigenvalue weighted by Gasteiger charge is -2.13. The van der Waals surface area contributed by atoms with Crippen LogP contribution in [0.4, 0.5) is 0 Å². The summed E-state index contributed by atoms with van der Waals surface area (Å²) in [6.45, 7) is 6.27. The minimum Gasteiger partial charge on any atom is -0.487 e. The predicted molar refractivity (Wildman–Crippen MR) is 81.7 cm³/mol. The van der Waals surface area contributed by atoms with E-state index in [0.717, 1.165) is 15.7 Å². The molecule has 0 radical (unpaired) electrons. The molecule has 1 heterocycles. The van der Waals surface area contributed by atoms with Crippen LogP contribution in [0.3, 0.4) is 0 Å². The van der Waals surface area contributed by atoms with Gasteiger partial charge in [0.05, 0.1) is 11.8 Å². The van der Waals surface area contributed by atoms with Crippen molar-refractivity contribution in [3.8, 4) is 5.75 Å². The summed E-state index contributed by atoms with van der Waals surface area (Å²) < 4.78 is 8.61. The molecule has 1 N–H and O–H groups in total. The SMILES string of the molecule is CC(C)n1ccc(COc2cc(Br)ccc2[C@H](C)O)n1. The second-order valence-electron chi connectivity index (χ2n) is 5.03. The normalized spacial score (nSPS) is 12.7. The molecule has 0 saturated heterocycles. The summed E-state index contributed by atoms with van der Waals surface area (Å²) >= 11 is 3.41. The topological polar surface area (TPSA) is 47.3 Å². The summed E-state index contributed by atoms with van der Waals surface area (Å²) in [6.07, 6.45) is 1.38. The lowest BCUT2D eigenvalue weighted by molar-refractivity contribution is 0.189. The molecule has 0 fully saturated rings. The summed E-state index contributed by atoms with van der Waals surface area (Å²) in [4.78, 5) is 0. The fourth-order valence-corrected chi connectivity index (χ4v) is 2.21. The number of aliphatic hydroxyl groups excluding tert-OH is 1. The van der Waals surface area contributed by atoms with Gasteiger partial charge in [-0.3, -0.25) is 4.68 Å². The Kier molecular flexibility index (Phi) is 4.83. The molecule has 1 aromatic heterocycles. The number of halogens is 1. The maximum Gasteiger partial charge on any atom is 0.132 e. The molecule has 0 aliphatic carbocycles. The molecule has 0 aliphatic heterocycles. The molecule has 2 rings (SSSR count). The number of rotatable bonds is 5. The van der Waals surface area contributed by atoms with Crippen LogP contribution >= 0.6 is 15.9 Å². The van der Waals surface area contributed by atoms with E-state index in [9.17, 15) is 5.11 Å². The van der Waals surface area contributed by atoms with Gasteiger partial charge in [-0.25, -0.2) is 0 Å². The van der Waals surface area contributed by atoms with E-state index in [0.29, 0.717) is 18.4 Å². The van der Waals surface area contributed by atoms with Gasteiger partial charge < -0.3 is 9.84 Å². The molecule has 0 amide bonds. The first-order chi connectivity index (χ1) is 9.47. The van der Waals surface area contributed by atoms with E-state index < -0.39 is 6.10 Å². The minimum atomic E-state index is -0.564. The van der Waals surface area contributed by atoms with E-state index in [2.05, 4.69) is 34.9 Å². The largest absolute Gasteiger partial charge is 0.487 e. The van der Waals surface area contributed by atoms with Gasteiger partial charge in [-0.2, -0.15) is 5.10 Å². The monoisotopic (exact) mass is 338 g/mol. The van der Waals surface area contributed by atoms with Gasteiger partial charge in [-0.05, 0) is 39.0 Å². The predicted octanol–water partition coefficient (Wildman–Crippen LogP) is 3.86. The van der Waals surface area contributed by atoms with Gasteiger partial charge in [0, 0.05) is 22.3 Å². The molecule has 0 aliphatic rings. The smallest absolute Gasteiger partial charge is 0.132 e. The third-order valence-corrected chi connectivity index (χ3v) is 3.49. The van der Waals surface area contributed by atoms with E-state index in [1.54, 1.807) is 6.92 Å². The van der Waals surface area contributed by atoms with Crippen molar-refractivity contribution in [2.75, 3.05) is 0 Å². The second kappa shape index (κ2) is 6.41. The standard InChI is InChI=1S/C15H19BrN2O2/c1-10(2)18-7-6-13(17-18)9-20-15-8-12(16)4-5-14(15)11(3)19/h4-8,10-11,19H,9H2,1-3H3/t11-/m0/s1. The van der Waals surface area contributed by atoms with Gasteiger partial charge >= 0.3 is 0 Å². The van der Waals surface area contributed by atoms with Gasteiger partial charge in [0.2, 0.25) is 0 Å². The van der Waals surface area contributed by atoms with Gasteiger partial charge in [0.1, 0.15) is 12.4 Å². The van der Waals surface area contributed by atoms with Crippen LogP contribution in [0.1, 0.15) is 44.2 Å². The summed E-state index contributed by atoms with van der Waals surface area (Å²) in [5.74, 6) is 0.675. The fraction of sp³-hybridized carbons (Fsp3) is 0.400. The Bertz CT molecular complexity index is 579. The summed E-state index contributed by atoms with van der Waals surface area (Å²) in [7, 11) is 0. The highest BCUT2D eigenvalue weighted by Gasteiger charge is 2.11. The molecule has 5 heteroatoms. The number of ether oxygens (including phenoxy) is 1. The summed E-state index contributed by atoms with van der Waals surface area (Å²) in [6, 6.07) is 7.89. The number of hydrogen-bond acceptors (Lipinski definition) is 3. The third kappa shape index (κ3) is 3.61. The van der Waals surface area contributed by atoms with Crippen molar-refractivity contribution >= 4 is 15.9 Å². The van der Waals surface area contributed by atoms with Crippen molar-refractivity contribution in [2.24, 2.45) is 0 Å². The molecule has 20 heavy (non-hydrogen) atoms. The second-order valence-corrected chi connectivity index (χ2v) is 5.94. The van der Waals surface area contributed by atoms with Crippen LogP contribution in [0.5, 0.6) is 5.75 Å². The Morgan fingerprint density at radius 2 is 2.05 bits per heavy atom. The molecule has 108 valence electrons. The first-order valence-electron chi connectivity index (χ1n) is 6.61. The number of nitrogens with zero attached hydrogens (tertiary/aromatic N) is 2. The number of aliphatic hydroxyl groups is 1. The highest BCUT2D eigenvalue weighted by molar-refractivity contribution is 9.10. The van der Waals surface area contributed by atoms with Crippen LogP contribution in [-0.4, -0.2) is 14.9 Å². The molecule has 1 aromatic carbocycles. The first-order valence-corrected chi connectivity index (χ1v) is 7.41.